The van der Waals surface area contributed by atoms with Crippen molar-refractivity contribution in [1.82, 2.24) is 9.38 Å². The quantitative estimate of drug-likeness (QED) is 0.777. The summed E-state index contributed by atoms with van der Waals surface area (Å²) in [6.07, 6.45) is 7.06. The van der Waals surface area contributed by atoms with E-state index in [0.717, 1.165) is 28.2 Å². The van der Waals surface area contributed by atoms with Crippen LogP contribution in [0.2, 0.25) is 0 Å². The topological polar surface area (TPSA) is 46.4 Å². The predicted octanol–water partition coefficient (Wildman–Crippen LogP) is 4.36. The van der Waals surface area contributed by atoms with E-state index in [1.54, 1.807) is 0 Å². The van der Waals surface area contributed by atoms with Crippen molar-refractivity contribution < 1.29 is 4.79 Å². The Kier molecular flexibility index (Phi) is 3.60. The lowest BCUT2D eigenvalue weighted by Gasteiger charge is -2.09. The number of aryl methyl sites for hydroxylation is 2. The third-order valence-electron chi connectivity index (χ3n) is 4.59. The number of nitrogens with zero attached hydrogens (tertiary/aromatic N) is 2. The summed E-state index contributed by atoms with van der Waals surface area (Å²) in [7, 11) is 0. The van der Waals surface area contributed by atoms with E-state index in [-0.39, 0.29) is 5.91 Å². The van der Waals surface area contributed by atoms with E-state index in [4.69, 9.17) is 4.98 Å². The minimum absolute atomic E-state index is 0.114. The van der Waals surface area contributed by atoms with Crippen molar-refractivity contribution in [2.24, 2.45) is 5.92 Å². The van der Waals surface area contributed by atoms with E-state index in [0.29, 0.717) is 12.3 Å². The van der Waals surface area contributed by atoms with E-state index in [1.807, 2.05) is 35.9 Å². The average molecular weight is 319 g/mol. The standard InChI is InChI=1S/C20H21N3O/c1-13-7-8-23-12-18(21-19(23)9-13)16-6-3-14(2)17(11-16)22-20(24)10-15-4-5-15/h3,6-9,11-12,15H,4-5,10H2,1-2H3,(H,22,24). The van der Waals surface area contributed by atoms with Gasteiger partial charge < -0.3 is 9.72 Å². The first kappa shape index (κ1) is 14.9. The van der Waals surface area contributed by atoms with Gasteiger partial charge in [-0.2, -0.15) is 0 Å². The summed E-state index contributed by atoms with van der Waals surface area (Å²) in [6.45, 7) is 4.08. The molecule has 4 heteroatoms. The monoisotopic (exact) mass is 319 g/mol. The number of hydrogen-bond donors (Lipinski definition) is 1. The SMILES string of the molecule is Cc1ccn2cc(-c3ccc(C)c(NC(=O)CC4CC4)c3)nc2c1. The normalized spacial score (nSPS) is 14.1. The number of hydrogen-bond acceptors (Lipinski definition) is 2. The highest BCUT2D eigenvalue weighted by Crippen LogP contribution is 2.33. The molecule has 0 saturated heterocycles. The molecule has 0 unspecified atom stereocenters. The predicted molar refractivity (Wildman–Crippen MR) is 96.1 cm³/mol. The number of carbonyl (C=O) groups excluding carboxylic acids is 1. The summed E-state index contributed by atoms with van der Waals surface area (Å²) >= 11 is 0. The Morgan fingerprint density at radius 1 is 1.25 bits per heavy atom. The Bertz CT molecular complexity index is 922. The van der Waals surface area contributed by atoms with Crippen molar-refractivity contribution in [3.05, 3.63) is 53.9 Å². The fourth-order valence-electron chi connectivity index (χ4n) is 2.92. The molecule has 1 fully saturated rings. The van der Waals surface area contributed by atoms with Gasteiger partial charge in [-0.3, -0.25) is 4.79 Å². The molecule has 2 heterocycles. The highest BCUT2D eigenvalue weighted by molar-refractivity contribution is 5.92. The zero-order valence-corrected chi connectivity index (χ0v) is 14.0. The number of carbonyl (C=O) groups is 1. The van der Waals surface area contributed by atoms with Gasteiger partial charge in [0.25, 0.3) is 0 Å². The van der Waals surface area contributed by atoms with Gasteiger partial charge in [-0.1, -0.05) is 12.1 Å². The number of anilines is 1. The first-order valence-electron chi connectivity index (χ1n) is 8.45. The second kappa shape index (κ2) is 5.78. The Morgan fingerprint density at radius 3 is 2.88 bits per heavy atom. The Labute approximate surface area is 141 Å². The van der Waals surface area contributed by atoms with Gasteiger partial charge in [0, 0.05) is 30.1 Å². The zero-order valence-electron chi connectivity index (χ0n) is 14.0. The molecule has 1 aliphatic carbocycles. The summed E-state index contributed by atoms with van der Waals surface area (Å²) in [4.78, 5) is 16.8. The van der Waals surface area contributed by atoms with E-state index in [9.17, 15) is 4.79 Å². The zero-order chi connectivity index (χ0) is 16.7. The molecule has 1 aliphatic rings. The molecular weight excluding hydrogens is 298 g/mol. The van der Waals surface area contributed by atoms with E-state index in [2.05, 4.69) is 30.4 Å². The van der Waals surface area contributed by atoms with Crippen LogP contribution in [0, 0.1) is 19.8 Å². The number of benzene rings is 1. The van der Waals surface area contributed by atoms with Gasteiger partial charge in [0.1, 0.15) is 5.65 Å². The molecule has 0 radical (unpaired) electrons. The molecule has 24 heavy (non-hydrogen) atoms. The largest absolute Gasteiger partial charge is 0.326 e. The van der Waals surface area contributed by atoms with Gasteiger partial charge in [0.05, 0.1) is 5.69 Å². The molecule has 1 saturated carbocycles. The van der Waals surface area contributed by atoms with Crippen LogP contribution in [0.3, 0.4) is 0 Å². The second-order valence-corrected chi connectivity index (χ2v) is 6.82. The van der Waals surface area contributed by atoms with Gasteiger partial charge in [0.2, 0.25) is 5.91 Å². The molecule has 0 spiro atoms. The average Bonchev–Trinajstić information content (AvgIpc) is 3.25. The molecular formula is C20H21N3O. The second-order valence-electron chi connectivity index (χ2n) is 6.82. The summed E-state index contributed by atoms with van der Waals surface area (Å²) in [5.74, 6) is 0.707. The van der Waals surface area contributed by atoms with Crippen LogP contribution in [-0.2, 0) is 4.79 Å². The van der Waals surface area contributed by atoms with Gasteiger partial charge >= 0.3 is 0 Å². The fraction of sp³-hybridized carbons (Fsp3) is 0.300. The van der Waals surface area contributed by atoms with Crippen LogP contribution in [-0.4, -0.2) is 15.3 Å². The molecule has 0 atom stereocenters. The maximum Gasteiger partial charge on any atom is 0.224 e. The first-order chi connectivity index (χ1) is 11.6. The summed E-state index contributed by atoms with van der Waals surface area (Å²) in [5, 5.41) is 3.06. The van der Waals surface area contributed by atoms with E-state index in [1.165, 1.54) is 18.4 Å². The molecule has 0 aliphatic heterocycles. The highest BCUT2D eigenvalue weighted by Gasteiger charge is 2.24. The third kappa shape index (κ3) is 3.04. The Balaban J connectivity index is 1.64. The van der Waals surface area contributed by atoms with Crippen molar-refractivity contribution in [3.8, 4) is 11.3 Å². The third-order valence-corrected chi connectivity index (χ3v) is 4.59. The first-order valence-corrected chi connectivity index (χ1v) is 8.45. The van der Waals surface area contributed by atoms with Crippen molar-refractivity contribution in [2.75, 3.05) is 5.32 Å². The van der Waals surface area contributed by atoms with Crippen LogP contribution in [0.1, 0.15) is 30.4 Å². The summed E-state index contributed by atoms with van der Waals surface area (Å²) in [5.41, 5.74) is 6.01. The minimum atomic E-state index is 0.114. The molecule has 2 aromatic heterocycles. The summed E-state index contributed by atoms with van der Waals surface area (Å²) < 4.78 is 2.02. The lowest BCUT2D eigenvalue weighted by molar-refractivity contribution is -0.116. The van der Waals surface area contributed by atoms with Crippen molar-refractivity contribution in [3.63, 3.8) is 0 Å². The van der Waals surface area contributed by atoms with Crippen LogP contribution in [0.4, 0.5) is 5.69 Å². The van der Waals surface area contributed by atoms with Crippen molar-refractivity contribution in [1.29, 1.82) is 0 Å². The molecule has 122 valence electrons. The fourth-order valence-corrected chi connectivity index (χ4v) is 2.92. The molecule has 4 rings (SSSR count). The number of pyridine rings is 1. The highest BCUT2D eigenvalue weighted by atomic mass is 16.1. The molecule has 3 aromatic rings. The number of aromatic nitrogens is 2. The minimum Gasteiger partial charge on any atom is -0.326 e. The number of imidazole rings is 1. The van der Waals surface area contributed by atoms with Crippen LogP contribution in [0.5, 0.6) is 0 Å². The number of amides is 1. The Hall–Kier alpha value is -2.62. The van der Waals surface area contributed by atoms with Gasteiger partial charge in [-0.25, -0.2) is 4.98 Å². The lowest BCUT2D eigenvalue weighted by atomic mass is 10.1. The number of rotatable bonds is 4. The summed E-state index contributed by atoms with van der Waals surface area (Å²) in [6, 6.07) is 10.2. The molecule has 1 amide bonds. The lowest BCUT2D eigenvalue weighted by Crippen LogP contribution is -2.12. The van der Waals surface area contributed by atoms with Crippen LogP contribution in [0.25, 0.3) is 16.9 Å². The molecule has 1 aromatic carbocycles. The van der Waals surface area contributed by atoms with Gasteiger partial charge in [-0.05, 0) is 61.9 Å². The van der Waals surface area contributed by atoms with Gasteiger partial charge in [-0.15, -0.1) is 0 Å². The van der Waals surface area contributed by atoms with Gasteiger partial charge in [0.15, 0.2) is 0 Å². The number of nitrogens with one attached hydrogen (secondary N) is 1. The maximum absolute atomic E-state index is 12.1. The van der Waals surface area contributed by atoms with Crippen LogP contribution >= 0.6 is 0 Å². The number of fused-ring (bicyclic) bond motifs is 1. The maximum atomic E-state index is 12.1. The molecule has 1 N–H and O–H groups in total. The van der Waals surface area contributed by atoms with Crippen molar-refractivity contribution >= 4 is 17.2 Å². The smallest absolute Gasteiger partial charge is 0.224 e. The van der Waals surface area contributed by atoms with E-state index >= 15 is 0 Å². The van der Waals surface area contributed by atoms with Crippen LogP contribution < -0.4 is 5.32 Å². The van der Waals surface area contributed by atoms with Crippen LogP contribution in [0.15, 0.2) is 42.7 Å². The molecule has 0 bridgehead atoms. The molecule has 4 nitrogen and oxygen atoms in total. The van der Waals surface area contributed by atoms with E-state index < -0.39 is 0 Å². The Morgan fingerprint density at radius 2 is 2.08 bits per heavy atom. The van der Waals surface area contributed by atoms with Crippen molar-refractivity contribution in [2.45, 2.75) is 33.1 Å².